The summed E-state index contributed by atoms with van der Waals surface area (Å²) in [4.78, 5) is 22.6. The predicted molar refractivity (Wildman–Crippen MR) is 92.7 cm³/mol. The van der Waals surface area contributed by atoms with Gasteiger partial charge in [-0.15, -0.1) is 0 Å². The Balaban J connectivity index is 1.50. The molecule has 1 N–H and O–H groups in total. The number of amides is 1. The molecule has 1 aromatic heterocycles. The van der Waals surface area contributed by atoms with Crippen molar-refractivity contribution in [3.05, 3.63) is 48.3 Å². The summed E-state index contributed by atoms with van der Waals surface area (Å²) < 4.78 is 10.9. The van der Waals surface area contributed by atoms with Crippen molar-refractivity contribution in [1.29, 1.82) is 0 Å². The van der Waals surface area contributed by atoms with Crippen LogP contribution < -0.4 is 10.1 Å². The van der Waals surface area contributed by atoms with E-state index in [2.05, 4.69) is 27.1 Å². The van der Waals surface area contributed by atoms with Crippen LogP contribution in [-0.4, -0.2) is 59.7 Å². The van der Waals surface area contributed by atoms with Gasteiger partial charge in [0.2, 0.25) is 0 Å². The summed E-state index contributed by atoms with van der Waals surface area (Å²) in [5.41, 5.74) is 0.593. The van der Waals surface area contributed by atoms with Crippen LogP contribution in [0.4, 0.5) is 0 Å². The number of aromatic nitrogens is 2. The molecule has 1 amide bonds. The number of nitrogens with zero attached hydrogens (tertiary/aromatic N) is 3. The molecule has 1 fully saturated rings. The molecule has 1 unspecified atom stereocenters. The lowest BCUT2D eigenvalue weighted by Gasteiger charge is -2.32. The molecular formula is C18H22N4O3. The first-order valence-electron chi connectivity index (χ1n) is 8.37. The Hall–Kier alpha value is -2.51. The normalized spacial score (nSPS) is 16.2. The van der Waals surface area contributed by atoms with Gasteiger partial charge >= 0.3 is 6.01 Å². The summed E-state index contributed by atoms with van der Waals surface area (Å²) in [6.45, 7) is 6.04. The van der Waals surface area contributed by atoms with Gasteiger partial charge in [-0.05, 0) is 37.3 Å². The average molecular weight is 342 g/mol. The second-order valence-corrected chi connectivity index (χ2v) is 5.87. The lowest BCUT2D eigenvalue weighted by Crippen LogP contribution is -2.47. The van der Waals surface area contributed by atoms with E-state index in [0.717, 1.165) is 26.3 Å². The van der Waals surface area contributed by atoms with Crippen molar-refractivity contribution in [2.24, 2.45) is 0 Å². The van der Waals surface area contributed by atoms with E-state index in [1.54, 1.807) is 42.7 Å². The molecule has 0 radical (unpaired) electrons. The number of morpholine rings is 1. The van der Waals surface area contributed by atoms with Gasteiger partial charge in [0.05, 0.1) is 13.2 Å². The van der Waals surface area contributed by atoms with Crippen LogP contribution in [-0.2, 0) is 4.74 Å². The highest BCUT2D eigenvalue weighted by Gasteiger charge is 2.17. The summed E-state index contributed by atoms with van der Waals surface area (Å²) in [7, 11) is 0. The minimum atomic E-state index is -0.0948. The molecule has 0 spiro atoms. The second kappa shape index (κ2) is 8.55. The van der Waals surface area contributed by atoms with Gasteiger partial charge in [0.15, 0.2) is 0 Å². The molecule has 1 aliphatic rings. The number of carbonyl (C=O) groups excluding carboxylic acids is 1. The molecule has 2 heterocycles. The van der Waals surface area contributed by atoms with Gasteiger partial charge < -0.3 is 14.8 Å². The Morgan fingerprint density at radius 3 is 2.60 bits per heavy atom. The van der Waals surface area contributed by atoms with Crippen LogP contribution in [0.25, 0.3) is 0 Å². The predicted octanol–water partition coefficient (Wildman–Crippen LogP) is 1.72. The van der Waals surface area contributed by atoms with Gasteiger partial charge in [0.25, 0.3) is 5.91 Å². The van der Waals surface area contributed by atoms with Crippen molar-refractivity contribution in [3.8, 4) is 11.8 Å². The largest absolute Gasteiger partial charge is 0.424 e. The molecular weight excluding hydrogens is 320 g/mol. The minimum absolute atomic E-state index is 0.0948. The van der Waals surface area contributed by atoms with Crippen molar-refractivity contribution in [2.75, 3.05) is 32.8 Å². The second-order valence-electron chi connectivity index (χ2n) is 5.87. The Bertz CT molecular complexity index is 672. The van der Waals surface area contributed by atoms with Gasteiger partial charge in [0, 0.05) is 43.6 Å². The molecule has 0 saturated carbocycles. The van der Waals surface area contributed by atoms with Crippen molar-refractivity contribution >= 4 is 5.91 Å². The zero-order valence-electron chi connectivity index (χ0n) is 14.2. The molecule has 132 valence electrons. The number of carbonyl (C=O) groups is 1. The molecule has 2 aromatic rings. The highest BCUT2D eigenvalue weighted by molar-refractivity contribution is 5.94. The van der Waals surface area contributed by atoms with Gasteiger partial charge in [-0.3, -0.25) is 9.69 Å². The highest BCUT2D eigenvalue weighted by Crippen LogP contribution is 2.17. The van der Waals surface area contributed by atoms with Crippen molar-refractivity contribution in [3.63, 3.8) is 0 Å². The first-order valence-corrected chi connectivity index (χ1v) is 8.37. The average Bonchev–Trinajstić information content (AvgIpc) is 2.68. The fraction of sp³-hybridized carbons (Fsp3) is 0.389. The first-order chi connectivity index (χ1) is 12.2. The number of benzene rings is 1. The van der Waals surface area contributed by atoms with Crippen LogP contribution in [0.15, 0.2) is 42.7 Å². The van der Waals surface area contributed by atoms with Gasteiger partial charge in [-0.25, -0.2) is 9.97 Å². The van der Waals surface area contributed by atoms with E-state index in [9.17, 15) is 4.79 Å². The van der Waals surface area contributed by atoms with Crippen molar-refractivity contribution in [2.45, 2.75) is 13.0 Å². The Labute approximate surface area is 147 Å². The number of ether oxygens (including phenoxy) is 2. The monoisotopic (exact) mass is 342 g/mol. The van der Waals surface area contributed by atoms with Crippen LogP contribution >= 0.6 is 0 Å². The maximum atomic E-state index is 12.3. The summed E-state index contributed by atoms with van der Waals surface area (Å²) >= 11 is 0. The van der Waals surface area contributed by atoms with Crippen LogP contribution in [0.1, 0.15) is 17.3 Å². The summed E-state index contributed by atoms with van der Waals surface area (Å²) in [6, 6.07) is 9.20. The fourth-order valence-electron chi connectivity index (χ4n) is 2.61. The SMILES string of the molecule is CC(CNC(=O)c1ccc(Oc2ncccn2)cc1)N1CCOCC1. The highest BCUT2D eigenvalue weighted by atomic mass is 16.5. The summed E-state index contributed by atoms with van der Waals surface area (Å²) in [5.74, 6) is 0.493. The molecule has 1 saturated heterocycles. The van der Waals surface area contributed by atoms with E-state index in [1.165, 1.54) is 0 Å². The molecule has 3 rings (SSSR count). The van der Waals surface area contributed by atoms with Crippen LogP contribution in [0, 0.1) is 0 Å². The lowest BCUT2D eigenvalue weighted by molar-refractivity contribution is 0.0204. The topological polar surface area (TPSA) is 76.6 Å². The number of nitrogens with one attached hydrogen (secondary N) is 1. The number of hydrogen-bond acceptors (Lipinski definition) is 6. The minimum Gasteiger partial charge on any atom is -0.424 e. The summed E-state index contributed by atoms with van der Waals surface area (Å²) in [6.07, 6.45) is 3.22. The molecule has 1 aliphatic heterocycles. The maximum absolute atomic E-state index is 12.3. The Morgan fingerprint density at radius 2 is 1.92 bits per heavy atom. The molecule has 1 aromatic carbocycles. The maximum Gasteiger partial charge on any atom is 0.321 e. The molecule has 7 nitrogen and oxygen atoms in total. The standard InChI is InChI=1S/C18H22N4O3/c1-14(22-9-11-24-12-10-22)13-21-17(23)15-3-5-16(6-4-15)25-18-19-7-2-8-20-18/h2-8,14H,9-13H2,1H3,(H,21,23). The van der Waals surface area contributed by atoms with E-state index in [1.807, 2.05) is 0 Å². The molecule has 0 bridgehead atoms. The van der Waals surface area contributed by atoms with E-state index in [0.29, 0.717) is 17.9 Å². The van der Waals surface area contributed by atoms with Crippen molar-refractivity contribution in [1.82, 2.24) is 20.2 Å². The van der Waals surface area contributed by atoms with Gasteiger partial charge in [-0.2, -0.15) is 0 Å². The Kier molecular flexibility index (Phi) is 5.92. The quantitative estimate of drug-likeness (QED) is 0.861. The van der Waals surface area contributed by atoms with Crippen molar-refractivity contribution < 1.29 is 14.3 Å². The molecule has 0 aliphatic carbocycles. The van der Waals surface area contributed by atoms with Crippen LogP contribution in [0.3, 0.4) is 0 Å². The van der Waals surface area contributed by atoms with E-state index in [4.69, 9.17) is 9.47 Å². The van der Waals surface area contributed by atoms with Crippen LogP contribution in [0.2, 0.25) is 0 Å². The zero-order valence-corrected chi connectivity index (χ0v) is 14.2. The summed E-state index contributed by atoms with van der Waals surface area (Å²) in [5, 5.41) is 2.98. The van der Waals surface area contributed by atoms with Gasteiger partial charge in [-0.1, -0.05) is 0 Å². The molecule has 1 atom stereocenters. The smallest absolute Gasteiger partial charge is 0.321 e. The van der Waals surface area contributed by atoms with E-state index in [-0.39, 0.29) is 18.0 Å². The number of rotatable bonds is 6. The lowest BCUT2D eigenvalue weighted by atomic mass is 10.2. The van der Waals surface area contributed by atoms with Crippen LogP contribution in [0.5, 0.6) is 11.8 Å². The van der Waals surface area contributed by atoms with E-state index >= 15 is 0 Å². The zero-order chi connectivity index (χ0) is 17.5. The third kappa shape index (κ3) is 4.98. The molecule has 7 heteroatoms. The molecule has 25 heavy (non-hydrogen) atoms. The first kappa shape index (κ1) is 17.3. The fourth-order valence-corrected chi connectivity index (χ4v) is 2.61. The number of hydrogen-bond donors (Lipinski definition) is 1. The third-order valence-corrected chi connectivity index (χ3v) is 4.09. The Morgan fingerprint density at radius 1 is 1.24 bits per heavy atom. The third-order valence-electron chi connectivity index (χ3n) is 4.09. The van der Waals surface area contributed by atoms with E-state index < -0.39 is 0 Å². The van der Waals surface area contributed by atoms with Gasteiger partial charge in [0.1, 0.15) is 5.75 Å².